The summed E-state index contributed by atoms with van der Waals surface area (Å²) in [5.74, 6) is 0.651. The molecule has 3 nitrogen and oxygen atoms in total. The van der Waals surface area contributed by atoms with E-state index in [2.05, 4.69) is 0 Å². The molecule has 0 saturated carbocycles. The molecule has 0 radical (unpaired) electrons. The number of halogens is 3. The Hall–Kier alpha value is -1.27. The quantitative estimate of drug-likeness (QED) is 0.880. The first kappa shape index (κ1) is 13.2. The Kier molecular flexibility index (Phi) is 3.77. The second kappa shape index (κ2) is 5.16. The second-order valence-corrected chi connectivity index (χ2v) is 4.22. The maximum absolute atomic E-state index is 12.9. The maximum atomic E-state index is 12.9. The Bertz CT molecular complexity index is 409. The van der Waals surface area contributed by atoms with Crippen molar-refractivity contribution in [3.05, 3.63) is 29.8 Å². The van der Waals surface area contributed by atoms with E-state index >= 15 is 0 Å². The van der Waals surface area contributed by atoms with E-state index in [1.165, 1.54) is 4.90 Å². The molecule has 0 spiro atoms. The number of hydrogen-bond donors (Lipinski definition) is 1. The molecular weight excluding hydrogens is 245 g/mol. The highest BCUT2D eigenvalue weighted by Gasteiger charge is 2.43. The van der Waals surface area contributed by atoms with Gasteiger partial charge in [0.25, 0.3) is 0 Å². The van der Waals surface area contributed by atoms with Crippen molar-refractivity contribution in [2.24, 2.45) is 5.73 Å². The molecule has 2 N–H and O–H groups in total. The summed E-state index contributed by atoms with van der Waals surface area (Å²) in [5, 5.41) is 0. The lowest BCUT2D eigenvalue weighted by Crippen LogP contribution is -2.50. The molecule has 0 bridgehead atoms. The molecule has 0 aliphatic carbocycles. The summed E-state index contributed by atoms with van der Waals surface area (Å²) in [6.45, 7) is 0.225. The predicted octanol–water partition coefficient (Wildman–Crippen LogP) is 1.77. The van der Waals surface area contributed by atoms with E-state index in [1.54, 1.807) is 24.3 Å². The fraction of sp³-hybridized carbons (Fsp3) is 0.500. The van der Waals surface area contributed by atoms with Crippen molar-refractivity contribution in [2.45, 2.75) is 18.8 Å². The van der Waals surface area contributed by atoms with E-state index in [-0.39, 0.29) is 19.7 Å². The average molecular weight is 260 g/mol. The van der Waals surface area contributed by atoms with E-state index in [0.29, 0.717) is 5.75 Å². The van der Waals surface area contributed by atoms with E-state index in [9.17, 15) is 13.2 Å². The van der Waals surface area contributed by atoms with Crippen molar-refractivity contribution in [2.75, 3.05) is 19.7 Å². The Labute approximate surface area is 103 Å². The Balaban J connectivity index is 2.21. The second-order valence-electron chi connectivity index (χ2n) is 4.22. The topological polar surface area (TPSA) is 38.5 Å². The van der Waals surface area contributed by atoms with Crippen molar-refractivity contribution in [3.8, 4) is 5.75 Å². The highest BCUT2D eigenvalue weighted by molar-refractivity contribution is 5.33. The lowest BCUT2D eigenvalue weighted by atomic mass is 10.1. The number of nitrogens with zero attached hydrogens (tertiary/aromatic N) is 1. The number of alkyl halides is 3. The smallest absolute Gasteiger partial charge is 0.405 e. The van der Waals surface area contributed by atoms with Crippen LogP contribution in [0.15, 0.2) is 24.3 Å². The zero-order valence-electron chi connectivity index (χ0n) is 9.78. The van der Waals surface area contributed by atoms with E-state index < -0.39 is 18.8 Å². The molecule has 1 atom stereocenters. The van der Waals surface area contributed by atoms with Crippen LogP contribution in [-0.2, 0) is 6.54 Å². The van der Waals surface area contributed by atoms with Gasteiger partial charge in [0.15, 0.2) is 0 Å². The Morgan fingerprint density at radius 1 is 1.33 bits per heavy atom. The summed E-state index contributed by atoms with van der Waals surface area (Å²) in [5.41, 5.74) is 6.02. The highest BCUT2D eigenvalue weighted by atomic mass is 19.4. The van der Waals surface area contributed by atoms with Gasteiger partial charge in [-0.3, -0.25) is 4.90 Å². The van der Waals surface area contributed by atoms with Crippen molar-refractivity contribution in [1.29, 1.82) is 0 Å². The highest BCUT2D eigenvalue weighted by Crippen LogP contribution is 2.29. The molecule has 100 valence electrons. The zero-order valence-corrected chi connectivity index (χ0v) is 9.78. The van der Waals surface area contributed by atoms with E-state index in [4.69, 9.17) is 10.5 Å². The van der Waals surface area contributed by atoms with Crippen LogP contribution in [0.1, 0.15) is 5.56 Å². The minimum Gasteiger partial charge on any atom is -0.492 e. The van der Waals surface area contributed by atoms with Crippen molar-refractivity contribution < 1.29 is 17.9 Å². The third kappa shape index (κ3) is 2.76. The molecule has 6 heteroatoms. The fourth-order valence-electron chi connectivity index (χ4n) is 2.10. The molecule has 1 aromatic carbocycles. The van der Waals surface area contributed by atoms with Crippen LogP contribution in [0.5, 0.6) is 5.75 Å². The summed E-state index contributed by atoms with van der Waals surface area (Å²) in [4.78, 5) is 1.33. The molecule has 1 heterocycles. The standard InChI is InChI=1S/C12H15F3N2O/c13-12(14,15)11(7-16)17-5-6-18-10-4-2-1-3-9(10)8-17/h1-4,11H,5-8,16H2. The molecule has 1 aliphatic heterocycles. The van der Waals surface area contributed by atoms with Crippen LogP contribution in [0, 0.1) is 0 Å². The Morgan fingerprint density at radius 2 is 2.06 bits per heavy atom. The Morgan fingerprint density at radius 3 is 2.72 bits per heavy atom. The minimum atomic E-state index is -4.31. The fourth-order valence-corrected chi connectivity index (χ4v) is 2.10. The number of ether oxygens (including phenoxy) is 1. The van der Waals surface area contributed by atoms with Crippen molar-refractivity contribution in [3.63, 3.8) is 0 Å². The summed E-state index contributed by atoms with van der Waals surface area (Å²) >= 11 is 0. The zero-order chi connectivity index (χ0) is 13.2. The molecular formula is C12H15F3N2O. The van der Waals surface area contributed by atoms with Crippen molar-refractivity contribution >= 4 is 0 Å². The van der Waals surface area contributed by atoms with Gasteiger partial charge in [-0.25, -0.2) is 0 Å². The number of benzene rings is 1. The van der Waals surface area contributed by atoms with Gasteiger partial charge in [0.05, 0.1) is 0 Å². The van der Waals surface area contributed by atoms with Gasteiger partial charge < -0.3 is 10.5 Å². The SMILES string of the molecule is NCC(N1CCOc2ccccc2C1)C(F)(F)F. The first-order chi connectivity index (χ1) is 8.52. The summed E-state index contributed by atoms with van der Waals surface area (Å²) in [6, 6.07) is 5.52. The van der Waals surface area contributed by atoms with Gasteiger partial charge in [-0.15, -0.1) is 0 Å². The van der Waals surface area contributed by atoms with Gasteiger partial charge >= 0.3 is 6.18 Å². The van der Waals surface area contributed by atoms with E-state index in [0.717, 1.165) is 5.56 Å². The van der Waals surface area contributed by atoms with Crippen LogP contribution >= 0.6 is 0 Å². The van der Waals surface area contributed by atoms with Gasteiger partial charge in [-0.05, 0) is 6.07 Å². The van der Waals surface area contributed by atoms with Crippen LogP contribution in [0.3, 0.4) is 0 Å². The molecule has 1 aliphatic rings. The molecule has 0 fully saturated rings. The lowest BCUT2D eigenvalue weighted by molar-refractivity contribution is -0.182. The first-order valence-corrected chi connectivity index (χ1v) is 5.74. The summed E-state index contributed by atoms with van der Waals surface area (Å²) in [7, 11) is 0. The summed E-state index contributed by atoms with van der Waals surface area (Å²) < 4.78 is 44.0. The molecule has 1 unspecified atom stereocenters. The van der Waals surface area contributed by atoms with Crippen LogP contribution in [-0.4, -0.2) is 36.8 Å². The predicted molar refractivity (Wildman–Crippen MR) is 61.2 cm³/mol. The maximum Gasteiger partial charge on any atom is 0.405 e. The first-order valence-electron chi connectivity index (χ1n) is 5.74. The lowest BCUT2D eigenvalue weighted by Gasteiger charge is -2.30. The van der Waals surface area contributed by atoms with Gasteiger partial charge in [0.2, 0.25) is 0 Å². The van der Waals surface area contributed by atoms with Crippen LogP contribution in [0.25, 0.3) is 0 Å². The normalized spacial score (nSPS) is 18.7. The number of hydrogen-bond acceptors (Lipinski definition) is 3. The molecule has 0 saturated heterocycles. The molecule has 1 aromatic rings. The van der Waals surface area contributed by atoms with Gasteiger partial charge in [0, 0.05) is 25.2 Å². The molecule has 18 heavy (non-hydrogen) atoms. The number of nitrogens with two attached hydrogens (primary N) is 1. The van der Waals surface area contributed by atoms with Gasteiger partial charge in [0.1, 0.15) is 18.4 Å². The molecule has 0 amide bonds. The average Bonchev–Trinajstić information content (AvgIpc) is 2.50. The van der Waals surface area contributed by atoms with Crippen LogP contribution in [0.2, 0.25) is 0 Å². The third-order valence-corrected chi connectivity index (χ3v) is 3.02. The molecule has 2 rings (SSSR count). The van der Waals surface area contributed by atoms with Crippen LogP contribution < -0.4 is 10.5 Å². The summed E-state index contributed by atoms with van der Waals surface area (Å²) in [6.07, 6.45) is -4.31. The number of rotatable bonds is 2. The monoisotopic (exact) mass is 260 g/mol. The van der Waals surface area contributed by atoms with E-state index in [1.807, 2.05) is 0 Å². The van der Waals surface area contributed by atoms with Gasteiger partial charge in [-0.1, -0.05) is 18.2 Å². The third-order valence-electron chi connectivity index (χ3n) is 3.02. The van der Waals surface area contributed by atoms with Crippen LogP contribution in [0.4, 0.5) is 13.2 Å². The largest absolute Gasteiger partial charge is 0.492 e. The number of fused-ring (bicyclic) bond motifs is 1. The van der Waals surface area contributed by atoms with Crippen molar-refractivity contribution in [1.82, 2.24) is 4.90 Å². The molecule has 0 aromatic heterocycles. The number of para-hydroxylation sites is 1. The van der Waals surface area contributed by atoms with Gasteiger partial charge in [-0.2, -0.15) is 13.2 Å². The minimum absolute atomic E-state index is 0.206.